The molecule has 3 rings (SSSR count). The smallest absolute Gasteiger partial charge is 0.272 e. The normalized spacial score (nSPS) is 17.0. The van der Waals surface area contributed by atoms with Crippen molar-refractivity contribution in [3.63, 3.8) is 0 Å². The third-order valence-corrected chi connectivity index (χ3v) is 5.62. The van der Waals surface area contributed by atoms with Gasteiger partial charge in [0.05, 0.1) is 6.10 Å². The molecule has 3 heterocycles. The summed E-state index contributed by atoms with van der Waals surface area (Å²) < 4.78 is 0. The maximum absolute atomic E-state index is 12.8. The Morgan fingerprint density at radius 3 is 2.68 bits per heavy atom. The first-order chi connectivity index (χ1) is 12.0. The molecule has 1 saturated heterocycles. The minimum atomic E-state index is -0.445. The summed E-state index contributed by atoms with van der Waals surface area (Å²) in [4.78, 5) is 23.8. The number of likely N-dealkylation sites (tertiary alicyclic amines) is 1. The molecule has 0 bridgehead atoms. The number of nitrogens with zero attached hydrogens (tertiary/aromatic N) is 3. The average molecular weight is 360 g/mol. The molecule has 0 spiro atoms. The van der Waals surface area contributed by atoms with E-state index in [0.717, 1.165) is 23.4 Å². The first kappa shape index (κ1) is 17.8. The Bertz CT molecular complexity index is 725. The van der Waals surface area contributed by atoms with Crippen molar-refractivity contribution in [1.29, 1.82) is 0 Å². The third-order valence-electron chi connectivity index (χ3n) is 4.68. The predicted molar refractivity (Wildman–Crippen MR) is 98.4 cm³/mol. The van der Waals surface area contributed by atoms with Gasteiger partial charge in [0.2, 0.25) is 5.95 Å². The molecular weight excluding hydrogens is 336 g/mol. The third kappa shape index (κ3) is 3.99. The highest BCUT2D eigenvalue weighted by Gasteiger charge is 2.29. The van der Waals surface area contributed by atoms with E-state index < -0.39 is 6.10 Å². The zero-order valence-corrected chi connectivity index (χ0v) is 15.4. The van der Waals surface area contributed by atoms with E-state index in [1.807, 2.05) is 31.4 Å². The molecule has 0 saturated carbocycles. The predicted octanol–water partition coefficient (Wildman–Crippen LogP) is 2.83. The molecule has 2 aromatic heterocycles. The molecule has 1 amide bonds. The number of nitrogen functional groups attached to an aromatic ring is 1. The Kier molecular flexibility index (Phi) is 5.34. The fraction of sp³-hybridized carbons (Fsp3) is 0.500. The lowest BCUT2D eigenvalue weighted by molar-refractivity contribution is 0.0470. The molecule has 0 aliphatic carbocycles. The fourth-order valence-corrected chi connectivity index (χ4v) is 3.97. The maximum Gasteiger partial charge on any atom is 0.272 e. The van der Waals surface area contributed by atoms with E-state index in [4.69, 9.17) is 5.73 Å². The second kappa shape index (κ2) is 7.49. The quantitative estimate of drug-likeness (QED) is 0.875. The van der Waals surface area contributed by atoms with Crippen molar-refractivity contribution in [3.05, 3.63) is 39.8 Å². The topological polar surface area (TPSA) is 92.3 Å². The van der Waals surface area contributed by atoms with Gasteiger partial charge in [-0.15, -0.1) is 11.3 Å². The minimum Gasteiger partial charge on any atom is -0.387 e. The summed E-state index contributed by atoms with van der Waals surface area (Å²) in [6.45, 7) is 5.25. The molecule has 25 heavy (non-hydrogen) atoms. The SMILES string of the molecule is CC(C)c1cc(C(=O)N2CCC(C(O)c3cccs3)CC2)nc(N)n1. The Balaban J connectivity index is 1.66. The van der Waals surface area contributed by atoms with Gasteiger partial charge >= 0.3 is 0 Å². The van der Waals surface area contributed by atoms with Crippen LogP contribution in [0.25, 0.3) is 0 Å². The van der Waals surface area contributed by atoms with E-state index in [9.17, 15) is 9.90 Å². The number of amides is 1. The van der Waals surface area contributed by atoms with Gasteiger partial charge < -0.3 is 15.7 Å². The van der Waals surface area contributed by atoms with Crippen LogP contribution >= 0.6 is 11.3 Å². The van der Waals surface area contributed by atoms with Crippen molar-refractivity contribution < 1.29 is 9.90 Å². The van der Waals surface area contributed by atoms with E-state index in [1.54, 1.807) is 22.3 Å². The lowest BCUT2D eigenvalue weighted by Gasteiger charge is -2.33. The first-order valence-corrected chi connectivity index (χ1v) is 9.49. The summed E-state index contributed by atoms with van der Waals surface area (Å²) in [7, 11) is 0. The number of aliphatic hydroxyl groups is 1. The van der Waals surface area contributed by atoms with Gasteiger partial charge in [0.15, 0.2) is 0 Å². The van der Waals surface area contributed by atoms with Gasteiger partial charge in [-0.1, -0.05) is 19.9 Å². The van der Waals surface area contributed by atoms with Crippen LogP contribution in [0.2, 0.25) is 0 Å². The van der Waals surface area contributed by atoms with E-state index in [0.29, 0.717) is 18.8 Å². The van der Waals surface area contributed by atoms with Gasteiger partial charge in [-0.3, -0.25) is 4.79 Å². The number of hydrogen-bond acceptors (Lipinski definition) is 6. The lowest BCUT2D eigenvalue weighted by atomic mass is 9.90. The highest BCUT2D eigenvalue weighted by Crippen LogP contribution is 2.33. The molecule has 7 heteroatoms. The molecule has 3 N–H and O–H groups in total. The summed E-state index contributed by atoms with van der Waals surface area (Å²) in [6, 6.07) is 5.65. The van der Waals surface area contributed by atoms with Crippen LogP contribution in [0.1, 0.15) is 59.8 Å². The number of thiophene rings is 1. The Morgan fingerprint density at radius 1 is 1.36 bits per heavy atom. The Morgan fingerprint density at radius 2 is 2.08 bits per heavy atom. The van der Waals surface area contributed by atoms with Gasteiger partial charge in [-0.25, -0.2) is 9.97 Å². The first-order valence-electron chi connectivity index (χ1n) is 8.61. The summed E-state index contributed by atoms with van der Waals surface area (Å²) in [6.07, 6.45) is 1.12. The number of rotatable bonds is 4. The van der Waals surface area contributed by atoms with Gasteiger partial charge in [0.1, 0.15) is 5.69 Å². The average Bonchev–Trinajstić information content (AvgIpc) is 3.14. The number of piperidine rings is 1. The number of aliphatic hydroxyl groups excluding tert-OH is 1. The summed E-state index contributed by atoms with van der Waals surface area (Å²) in [5, 5.41) is 12.5. The molecular formula is C18H24N4O2S. The van der Waals surface area contributed by atoms with Crippen molar-refractivity contribution in [3.8, 4) is 0 Å². The van der Waals surface area contributed by atoms with Crippen molar-refractivity contribution in [1.82, 2.24) is 14.9 Å². The van der Waals surface area contributed by atoms with Gasteiger partial charge in [-0.2, -0.15) is 0 Å². The van der Waals surface area contributed by atoms with Crippen LogP contribution in [0.15, 0.2) is 23.6 Å². The zero-order chi connectivity index (χ0) is 18.0. The molecule has 1 unspecified atom stereocenters. The summed E-state index contributed by atoms with van der Waals surface area (Å²) in [5.74, 6) is 0.394. The molecule has 0 aromatic carbocycles. The van der Waals surface area contributed by atoms with E-state index in [1.165, 1.54) is 0 Å². The van der Waals surface area contributed by atoms with Crippen LogP contribution in [0.3, 0.4) is 0 Å². The lowest BCUT2D eigenvalue weighted by Crippen LogP contribution is -2.40. The van der Waals surface area contributed by atoms with E-state index in [2.05, 4.69) is 9.97 Å². The molecule has 6 nitrogen and oxygen atoms in total. The molecule has 2 aromatic rings. The van der Waals surface area contributed by atoms with Crippen LogP contribution in [-0.4, -0.2) is 39.0 Å². The Labute approximate surface area is 151 Å². The molecule has 0 radical (unpaired) electrons. The fourth-order valence-electron chi connectivity index (χ4n) is 3.16. The van der Waals surface area contributed by atoms with E-state index >= 15 is 0 Å². The highest BCUT2D eigenvalue weighted by atomic mass is 32.1. The van der Waals surface area contributed by atoms with Crippen molar-refractivity contribution in [2.45, 2.75) is 38.7 Å². The zero-order valence-electron chi connectivity index (χ0n) is 14.6. The number of carbonyl (C=O) groups excluding carboxylic acids is 1. The molecule has 1 aliphatic rings. The molecule has 1 fully saturated rings. The van der Waals surface area contributed by atoms with Crippen LogP contribution in [0, 0.1) is 5.92 Å². The van der Waals surface area contributed by atoms with Gasteiger partial charge in [0.25, 0.3) is 5.91 Å². The second-order valence-corrected chi connectivity index (χ2v) is 7.76. The number of aromatic nitrogens is 2. The maximum atomic E-state index is 12.8. The monoisotopic (exact) mass is 360 g/mol. The van der Waals surface area contributed by atoms with Gasteiger partial charge in [-0.05, 0) is 42.2 Å². The number of carbonyl (C=O) groups is 1. The molecule has 1 atom stereocenters. The number of hydrogen-bond donors (Lipinski definition) is 2. The largest absolute Gasteiger partial charge is 0.387 e. The van der Waals surface area contributed by atoms with Gasteiger partial charge in [0, 0.05) is 23.7 Å². The highest BCUT2D eigenvalue weighted by molar-refractivity contribution is 7.10. The van der Waals surface area contributed by atoms with Crippen molar-refractivity contribution in [2.24, 2.45) is 5.92 Å². The van der Waals surface area contributed by atoms with Crippen molar-refractivity contribution >= 4 is 23.2 Å². The van der Waals surface area contributed by atoms with Crippen LogP contribution in [0.4, 0.5) is 5.95 Å². The second-order valence-electron chi connectivity index (χ2n) is 6.78. The standard InChI is InChI=1S/C18H24N4O2S/c1-11(2)13-10-14(21-18(19)20-13)17(24)22-7-5-12(6-8-22)16(23)15-4-3-9-25-15/h3-4,9-12,16,23H,5-8H2,1-2H3,(H2,19,20,21). The van der Waals surface area contributed by atoms with Crippen molar-refractivity contribution in [2.75, 3.05) is 18.8 Å². The summed E-state index contributed by atoms with van der Waals surface area (Å²) in [5.41, 5.74) is 6.89. The number of anilines is 1. The van der Waals surface area contributed by atoms with Crippen LogP contribution in [0.5, 0.6) is 0 Å². The van der Waals surface area contributed by atoms with Crippen LogP contribution in [-0.2, 0) is 0 Å². The molecule has 134 valence electrons. The van der Waals surface area contributed by atoms with Crippen LogP contribution < -0.4 is 5.73 Å². The molecule has 1 aliphatic heterocycles. The number of nitrogens with two attached hydrogens (primary N) is 1. The minimum absolute atomic E-state index is 0.111. The van der Waals surface area contributed by atoms with E-state index in [-0.39, 0.29) is 23.7 Å². The summed E-state index contributed by atoms with van der Waals surface area (Å²) >= 11 is 1.57. The Hall–Kier alpha value is -1.99.